The minimum absolute atomic E-state index is 0.164. The Morgan fingerprint density at radius 1 is 1.33 bits per heavy atom. The lowest BCUT2D eigenvalue weighted by Crippen LogP contribution is -2.37. The number of aliphatic hydroxyl groups is 1. The smallest absolute Gasteiger partial charge is 0.323 e. The average molecular weight is 253 g/mol. The van der Waals surface area contributed by atoms with E-state index in [2.05, 4.69) is 15.0 Å². The van der Waals surface area contributed by atoms with Gasteiger partial charge in [0.2, 0.25) is 11.9 Å². The molecule has 1 aliphatic heterocycles. The molecule has 0 spiro atoms. The largest absolute Gasteiger partial charge is 0.463 e. The number of rotatable bonds is 4. The molecular formula is C11H19N5O2. The fraction of sp³-hybridized carbons (Fsp3) is 0.727. The van der Waals surface area contributed by atoms with E-state index in [4.69, 9.17) is 10.5 Å². The summed E-state index contributed by atoms with van der Waals surface area (Å²) in [6.07, 6.45) is 2.10. The van der Waals surface area contributed by atoms with Gasteiger partial charge in [0.05, 0.1) is 12.7 Å². The highest BCUT2D eigenvalue weighted by Crippen LogP contribution is 2.18. The molecule has 0 radical (unpaired) electrons. The highest BCUT2D eigenvalue weighted by Gasteiger charge is 2.20. The maximum atomic E-state index is 9.47. The van der Waals surface area contributed by atoms with Gasteiger partial charge in [-0.15, -0.1) is 0 Å². The number of anilines is 2. The van der Waals surface area contributed by atoms with E-state index in [0.29, 0.717) is 12.6 Å². The number of nitrogen functional groups attached to an aromatic ring is 1. The number of aromatic nitrogens is 3. The van der Waals surface area contributed by atoms with Crippen molar-refractivity contribution in [3.8, 4) is 6.01 Å². The van der Waals surface area contributed by atoms with Gasteiger partial charge in [-0.2, -0.15) is 15.0 Å². The molecule has 2 rings (SSSR count). The highest BCUT2D eigenvalue weighted by atomic mass is 16.5. The first-order chi connectivity index (χ1) is 8.69. The van der Waals surface area contributed by atoms with Crippen LogP contribution in [-0.2, 0) is 0 Å². The Bertz CT molecular complexity index is 393. The summed E-state index contributed by atoms with van der Waals surface area (Å²) in [5.74, 6) is 0.692. The van der Waals surface area contributed by atoms with Gasteiger partial charge in [0.1, 0.15) is 0 Å². The fourth-order valence-electron chi connectivity index (χ4n) is 1.83. The van der Waals surface area contributed by atoms with E-state index in [1.165, 1.54) is 0 Å². The van der Waals surface area contributed by atoms with Crippen molar-refractivity contribution in [1.82, 2.24) is 15.0 Å². The van der Waals surface area contributed by atoms with Crippen LogP contribution in [0.4, 0.5) is 11.9 Å². The van der Waals surface area contributed by atoms with Gasteiger partial charge in [0, 0.05) is 13.1 Å². The van der Waals surface area contributed by atoms with Gasteiger partial charge in [-0.3, -0.25) is 0 Å². The summed E-state index contributed by atoms with van der Waals surface area (Å²) in [6.45, 7) is 4.01. The molecular weight excluding hydrogens is 234 g/mol. The van der Waals surface area contributed by atoms with Crippen LogP contribution in [0, 0.1) is 0 Å². The molecule has 0 bridgehead atoms. The summed E-state index contributed by atoms with van der Waals surface area (Å²) in [5.41, 5.74) is 5.65. The molecule has 0 atom stereocenters. The standard InChI is InChI=1S/C11H19N5O2/c1-2-7-18-11-14-9(12)13-10(15-11)16-5-3-8(17)4-6-16/h8,17H,2-7H2,1H3,(H2,12,13,14,15). The van der Waals surface area contributed by atoms with E-state index in [9.17, 15) is 5.11 Å². The van der Waals surface area contributed by atoms with Crippen LogP contribution in [-0.4, -0.2) is 45.9 Å². The van der Waals surface area contributed by atoms with E-state index in [1.807, 2.05) is 11.8 Å². The van der Waals surface area contributed by atoms with Gasteiger partial charge in [-0.25, -0.2) is 0 Å². The van der Waals surface area contributed by atoms with Crippen molar-refractivity contribution in [2.24, 2.45) is 0 Å². The number of nitrogens with two attached hydrogens (primary N) is 1. The summed E-state index contributed by atoms with van der Waals surface area (Å²) in [7, 11) is 0. The Balaban J connectivity index is 2.09. The van der Waals surface area contributed by atoms with E-state index in [-0.39, 0.29) is 18.1 Å². The lowest BCUT2D eigenvalue weighted by molar-refractivity contribution is 0.145. The van der Waals surface area contributed by atoms with Crippen LogP contribution in [0.2, 0.25) is 0 Å². The second kappa shape index (κ2) is 5.81. The minimum Gasteiger partial charge on any atom is -0.463 e. The number of hydrogen-bond acceptors (Lipinski definition) is 7. The molecule has 0 aromatic carbocycles. The van der Waals surface area contributed by atoms with Gasteiger partial charge < -0.3 is 20.5 Å². The molecule has 1 aliphatic rings. The predicted molar refractivity (Wildman–Crippen MR) is 67.5 cm³/mol. The third-order valence-corrected chi connectivity index (χ3v) is 2.80. The Morgan fingerprint density at radius 3 is 2.72 bits per heavy atom. The monoisotopic (exact) mass is 253 g/mol. The van der Waals surface area contributed by atoms with E-state index in [0.717, 1.165) is 32.4 Å². The molecule has 18 heavy (non-hydrogen) atoms. The van der Waals surface area contributed by atoms with Crippen LogP contribution in [0.5, 0.6) is 6.01 Å². The number of hydrogen-bond donors (Lipinski definition) is 2. The molecule has 7 heteroatoms. The molecule has 0 aliphatic carbocycles. The normalized spacial score (nSPS) is 16.9. The van der Waals surface area contributed by atoms with Crippen molar-refractivity contribution in [2.75, 3.05) is 30.3 Å². The second-order valence-electron chi connectivity index (χ2n) is 4.34. The third kappa shape index (κ3) is 3.19. The average Bonchev–Trinajstić information content (AvgIpc) is 2.36. The first-order valence-electron chi connectivity index (χ1n) is 6.26. The van der Waals surface area contributed by atoms with Crippen LogP contribution in [0.25, 0.3) is 0 Å². The van der Waals surface area contributed by atoms with Crippen molar-refractivity contribution < 1.29 is 9.84 Å². The molecule has 0 unspecified atom stereocenters. The maximum absolute atomic E-state index is 9.47. The molecule has 0 saturated carbocycles. The first-order valence-corrected chi connectivity index (χ1v) is 6.26. The third-order valence-electron chi connectivity index (χ3n) is 2.80. The highest BCUT2D eigenvalue weighted by molar-refractivity contribution is 5.36. The predicted octanol–water partition coefficient (Wildman–Crippen LogP) is 0.204. The SMILES string of the molecule is CCCOc1nc(N)nc(N2CCC(O)CC2)n1. The summed E-state index contributed by atoms with van der Waals surface area (Å²) in [4.78, 5) is 14.3. The van der Waals surface area contributed by atoms with Crippen molar-refractivity contribution in [1.29, 1.82) is 0 Å². The Hall–Kier alpha value is -1.63. The minimum atomic E-state index is -0.226. The van der Waals surface area contributed by atoms with E-state index < -0.39 is 0 Å². The van der Waals surface area contributed by atoms with Gasteiger partial charge in [-0.05, 0) is 19.3 Å². The Kier molecular flexibility index (Phi) is 4.14. The molecule has 2 heterocycles. The molecule has 7 nitrogen and oxygen atoms in total. The van der Waals surface area contributed by atoms with Crippen molar-refractivity contribution in [3.05, 3.63) is 0 Å². The lowest BCUT2D eigenvalue weighted by atomic mass is 10.1. The van der Waals surface area contributed by atoms with Gasteiger partial charge in [0.25, 0.3) is 0 Å². The molecule has 1 fully saturated rings. The number of nitrogens with zero attached hydrogens (tertiary/aromatic N) is 4. The fourth-order valence-corrected chi connectivity index (χ4v) is 1.83. The summed E-state index contributed by atoms with van der Waals surface area (Å²) in [6, 6.07) is 0.269. The van der Waals surface area contributed by atoms with Gasteiger partial charge in [-0.1, -0.05) is 6.92 Å². The Morgan fingerprint density at radius 2 is 2.06 bits per heavy atom. The summed E-state index contributed by atoms with van der Waals surface area (Å²) in [5, 5.41) is 9.47. The molecule has 3 N–H and O–H groups in total. The molecule has 100 valence electrons. The van der Waals surface area contributed by atoms with Crippen LogP contribution >= 0.6 is 0 Å². The molecule has 1 saturated heterocycles. The van der Waals surface area contributed by atoms with Crippen molar-refractivity contribution in [3.63, 3.8) is 0 Å². The zero-order valence-corrected chi connectivity index (χ0v) is 10.5. The number of aliphatic hydroxyl groups excluding tert-OH is 1. The topological polar surface area (TPSA) is 97.4 Å². The van der Waals surface area contributed by atoms with Crippen molar-refractivity contribution in [2.45, 2.75) is 32.3 Å². The van der Waals surface area contributed by atoms with E-state index >= 15 is 0 Å². The number of ether oxygens (including phenoxy) is 1. The quantitative estimate of drug-likeness (QED) is 0.791. The zero-order chi connectivity index (χ0) is 13.0. The van der Waals surface area contributed by atoms with E-state index in [1.54, 1.807) is 0 Å². The molecule has 1 aromatic heterocycles. The van der Waals surface area contributed by atoms with Crippen LogP contribution in [0.1, 0.15) is 26.2 Å². The summed E-state index contributed by atoms with van der Waals surface area (Å²) < 4.78 is 5.37. The lowest BCUT2D eigenvalue weighted by Gasteiger charge is -2.29. The maximum Gasteiger partial charge on any atom is 0.323 e. The summed E-state index contributed by atoms with van der Waals surface area (Å²) >= 11 is 0. The first kappa shape index (κ1) is 12.8. The van der Waals surface area contributed by atoms with Gasteiger partial charge in [0.15, 0.2) is 0 Å². The molecule has 1 aromatic rings. The van der Waals surface area contributed by atoms with Crippen LogP contribution in [0.3, 0.4) is 0 Å². The van der Waals surface area contributed by atoms with Crippen LogP contribution < -0.4 is 15.4 Å². The molecule has 0 amide bonds. The zero-order valence-electron chi connectivity index (χ0n) is 10.5. The van der Waals surface area contributed by atoms with Crippen molar-refractivity contribution >= 4 is 11.9 Å². The second-order valence-corrected chi connectivity index (χ2v) is 4.34. The Labute approximate surface area is 106 Å². The van der Waals surface area contributed by atoms with Crippen LogP contribution in [0.15, 0.2) is 0 Å². The van der Waals surface area contributed by atoms with Gasteiger partial charge >= 0.3 is 6.01 Å². The number of piperidine rings is 1.